The molecule has 0 aliphatic carbocycles. The third kappa shape index (κ3) is 5.11. The van der Waals surface area contributed by atoms with Gasteiger partial charge < -0.3 is 19.0 Å². The van der Waals surface area contributed by atoms with Gasteiger partial charge in [-0.25, -0.2) is 0 Å². The maximum Gasteiger partial charge on any atom is 0.573 e. The number of amides is 1. The number of carbonyl (C=O) groups excluding carboxylic acids is 2. The molecule has 3 aromatic rings. The van der Waals surface area contributed by atoms with E-state index in [0.717, 1.165) is 22.6 Å². The average molecular weight is 530 g/mol. The van der Waals surface area contributed by atoms with Crippen molar-refractivity contribution in [3.8, 4) is 11.5 Å². The first-order valence-corrected chi connectivity index (χ1v) is 11.6. The van der Waals surface area contributed by atoms with E-state index in [1.807, 2.05) is 26.8 Å². The fourth-order valence-electron chi connectivity index (χ4n) is 4.28. The second-order valence-electron chi connectivity index (χ2n) is 9.82. The van der Waals surface area contributed by atoms with Crippen molar-refractivity contribution in [1.29, 1.82) is 0 Å². The first kappa shape index (κ1) is 26.8. The maximum atomic E-state index is 13.4. The number of ether oxygens (including phenoxy) is 2. The van der Waals surface area contributed by atoms with E-state index >= 15 is 0 Å². The van der Waals surface area contributed by atoms with Gasteiger partial charge >= 0.3 is 6.36 Å². The number of benzene rings is 2. The lowest BCUT2D eigenvalue weighted by atomic mass is 9.85. The number of methoxy groups -OCH3 is 1. The standard InChI is InChI=1S/C28H26F3NO6/c1-15-6-12-21(37-15)23-22(24(33)19-14-16(27(2,3)4)7-13-20(19)36-5)25(34)26(35)32(23)17-8-10-18(11-9-17)38-28(29,30)31/h6-14,23,33H,1-5H3/b24-22+. The Morgan fingerprint density at radius 1 is 1.00 bits per heavy atom. The van der Waals surface area contributed by atoms with E-state index in [-0.39, 0.29) is 33.7 Å². The van der Waals surface area contributed by atoms with Crippen LogP contribution in [0.4, 0.5) is 18.9 Å². The van der Waals surface area contributed by atoms with Gasteiger partial charge in [0.15, 0.2) is 0 Å². The normalized spacial score (nSPS) is 17.7. The number of hydrogen-bond acceptors (Lipinski definition) is 6. The first-order valence-electron chi connectivity index (χ1n) is 11.6. The summed E-state index contributed by atoms with van der Waals surface area (Å²) >= 11 is 0. The molecule has 0 spiro atoms. The Labute approximate surface area is 217 Å². The molecule has 7 nitrogen and oxygen atoms in total. The zero-order valence-electron chi connectivity index (χ0n) is 21.3. The molecule has 38 heavy (non-hydrogen) atoms. The molecule has 0 bridgehead atoms. The fraction of sp³-hybridized carbons (Fsp3) is 0.286. The number of nitrogens with zero attached hydrogens (tertiary/aromatic N) is 1. The summed E-state index contributed by atoms with van der Waals surface area (Å²) in [6.07, 6.45) is -4.89. The van der Waals surface area contributed by atoms with Crippen LogP contribution in [0, 0.1) is 6.92 Å². The Bertz CT molecular complexity index is 1410. The number of furan rings is 1. The molecule has 10 heteroatoms. The lowest BCUT2D eigenvalue weighted by molar-refractivity contribution is -0.274. The van der Waals surface area contributed by atoms with Crippen molar-refractivity contribution >= 4 is 23.1 Å². The third-order valence-electron chi connectivity index (χ3n) is 6.14. The highest BCUT2D eigenvalue weighted by Gasteiger charge is 2.48. The minimum Gasteiger partial charge on any atom is -0.507 e. The Balaban J connectivity index is 1.90. The van der Waals surface area contributed by atoms with Gasteiger partial charge in [0, 0.05) is 5.69 Å². The van der Waals surface area contributed by atoms with Crippen molar-refractivity contribution in [3.05, 3.63) is 82.8 Å². The number of aryl methyl sites for hydroxylation is 1. The summed E-state index contributed by atoms with van der Waals surface area (Å²) in [6, 6.07) is 11.7. The van der Waals surface area contributed by atoms with Gasteiger partial charge in [0.05, 0.1) is 18.2 Å². The molecule has 1 atom stereocenters. The van der Waals surface area contributed by atoms with Gasteiger partial charge in [0.25, 0.3) is 11.7 Å². The molecule has 1 aliphatic heterocycles. The summed E-state index contributed by atoms with van der Waals surface area (Å²) in [5.74, 6) is -1.97. The zero-order valence-corrected chi connectivity index (χ0v) is 21.3. The molecular weight excluding hydrogens is 503 g/mol. The van der Waals surface area contributed by atoms with E-state index in [9.17, 15) is 27.9 Å². The molecular formula is C28H26F3NO6. The molecule has 200 valence electrons. The summed E-state index contributed by atoms with van der Waals surface area (Å²) in [6.45, 7) is 7.62. The predicted octanol–water partition coefficient (Wildman–Crippen LogP) is 6.42. The average Bonchev–Trinajstić information content (AvgIpc) is 3.38. The summed E-state index contributed by atoms with van der Waals surface area (Å²) in [5, 5.41) is 11.5. The summed E-state index contributed by atoms with van der Waals surface area (Å²) in [7, 11) is 1.42. The van der Waals surface area contributed by atoms with Gasteiger partial charge in [-0.2, -0.15) is 0 Å². The first-order chi connectivity index (χ1) is 17.7. The van der Waals surface area contributed by atoms with E-state index in [0.29, 0.717) is 5.76 Å². The summed E-state index contributed by atoms with van der Waals surface area (Å²) < 4.78 is 53.0. The number of anilines is 1. The molecule has 1 fully saturated rings. The summed E-state index contributed by atoms with van der Waals surface area (Å²) in [5.41, 5.74) is 0.616. The van der Waals surface area contributed by atoms with Crippen LogP contribution in [0.25, 0.3) is 5.76 Å². The third-order valence-corrected chi connectivity index (χ3v) is 6.14. The minimum atomic E-state index is -4.89. The molecule has 1 saturated heterocycles. The largest absolute Gasteiger partial charge is 0.573 e. The van der Waals surface area contributed by atoms with Gasteiger partial charge in [-0.3, -0.25) is 14.5 Å². The highest BCUT2D eigenvalue weighted by Crippen LogP contribution is 2.44. The maximum absolute atomic E-state index is 13.4. The summed E-state index contributed by atoms with van der Waals surface area (Å²) in [4.78, 5) is 27.7. The number of halogens is 3. The van der Waals surface area contributed by atoms with Crippen LogP contribution in [0.1, 0.15) is 49.5 Å². The topological polar surface area (TPSA) is 89.2 Å². The number of rotatable bonds is 5. The fourth-order valence-corrected chi connectivity index (χ4v) is 4.28. The van der Waals surface area contributed by atoms with Crippen molar-refractivity contribution in [1.82, 2.24) is 0 Å². The highest BCUT2D eigenvalue weighted by molar-refractivity contribution is 6.51. The van der Waals surface area contributed by atoms with Crippen LogP contribution < -0.4 is 14.4 Å². The van der Waals surface area contributed by atoms with Gasteiger partial charge in [0.1, 0.15) is 34.8 Å². The quantitative estimate of drug-likeness (QED) is 0.233. The number of alkyl halides is 3. The Hall–Kier alpha value is -4.21. The van der Waals surface area contributed by atoms with E-state index in [1.54, 1.807) is 31.2 Å². The van der Waals surface area contributed by atoms with Crippen molar-refractivity contribution in [2.24, 2.45) is 0 Å². The number of carbonyl (C=O) groups is 2. The van der Waals surface area contributed by atoms with Crippen molar-refractivity contribution in [3.63, 3.8) is 0 Å². The van der Waals surface area contributed by atoms with Crippen molar-refractivity contribution in [2.75, 3.05) is 12.0 Å². The van der Waals surface area contributed by atoms with Gasteiger partial charge in [-0.05, 0) is 66.4 Å². The van der Waals surface area contributed by atoms with E-state index in [2.05, 4.69) is 4.74 Å². The molecule has 2 aromatic carbocycles. The lowest BCUT2D eigenvalue weighted by Crippen LogP contribution is -2.29. The SMILES string of the molecule is COc1ccc(C(C)(C)C)cc1/C(O)=C1\C(=O)C(=O)N(c2ccc(OC(F)(F)F)cc2)C1c1ccc(C)o1. The molecule has 4 rings (SSSR count). The second-order valence-corrected chi connectivity index (χ2v) is 9.82. The second kappa shape index (κ2) is 9.59. The molecule has 1 unspecified atom stereocenters. The van der Waals surface area contributed by atoms with Crippen molar-refractivity contribution in [2.45, 2.75) is 45.5 Å². The van der Waals surface area contributed by atoms with Gasteiger partial charge in [-0.15, -0.1) is 13.2 Å². The van der Waals surface area contributed by atoms with Crippen molar-refractivity contribution < 1.29 is 41.8 Å². The van der Waals surface area contributed by atoms with Crippen LogP contribution in [0.15, 0.2) is 64.6 Å². The minimum absolute atomic E-state index is 0.107. The predicted molar refractivity (Wildman–Crippen MR) is 133 cm³/mol. The lowest BCUT2D eigenvalue weighted by Gasteiger charge is -2.24. The monoisotopic (exact) mass is 529 g/mol. The van der Waals surface area contributed by atoms with E-state index in [1.165, 1.54) is 19.2 Å². The smallest absolute Gasteiger partial charge is 0.507 e. The molecule has 0 radical (unpaired) electrons. The van der Waals surface area contributed by atoms with Gasteiger partial charge in [0.2, 0.25) is 0 Å². The van der Waals surface area contributed by atoms with Crippen LogP contribution in [0.5, 0.6) is 11.5 Å². The Kier molecular flexibility index (Phi) is 6.77. The van der Waals surface area contributed by atoms with Gasteiger partial charge in [-0.1, -0.05) is 26.8 Å². The Morgan fingerprint density at radius 3 is 2.18 bits per heavy atom. The number of hydrogen-bond donors (Lipinski definition) is 1. The van der Waals surface area contributed by atoms with Crippen LogP contribution in [0.3, 0.4) is 0 Å². The molecule has 2 heterocycles. The highest BCUT2D eigenvalue weighted by atomic mass is 19.4. The van der Waals surface area contributed by atoms with E-state index in [4.69, 9.17) is 9.15 Å². The van der Waals surface area contributed by atoms with Crippen LogP contribution in [-0.4, -0.2) is 30.3 Å². The van der Waals surface area contributed by atoms with Crippen LogP contribution in [0.2, 0.25) is 0 Å². The molecule has 1 N–H and O–H groups in total. The Morgan fingerprint density at radius 2 is 1.66 bits per heavy atom. The molecule has 1 aliphatic rings. The number of aliphatic hydroxyl groups is 1. The molecule has 1 aromatic heterocycles. The van der Waals surface area contributed by atoms with E-state index < -0.39 is 35.6 Å². The zero-order chi connectivity index (χ0) is 28.0. The number of ketones is 1. The van der Waals surface area contributed by atoms with Crippen LogP contribution >= 0.6 is 0 Å². The van der Waals surface area contributed by atoms with Crippen LogP contribution in [-0.2, 0) is 15.0 Å². The molecule has 0 saturated carbocycles. The number of aliphatic hydroxyl groups excluding tert-OH is 1. The number of Topliss-reactive ketones (excluding diaryl/α,β-unsaturated/α-hetero) is 1. The molecule has 1 amide bonds.